The van der Waals surface area contributed by atoms with Gasteiger partial charge in [-0.1, -0.05) is 60.4 Å². The lowest BCUT2D eigenvalue weighted by atomic mass is 9.70. The minimum Gasteiger partial charge on any atom is -0.394 e. The van der Waals surface area contributed by atoms with Crippen LogP contribution in [-0.2, 0) is 14.4 Å². The van der Waals surface area contributed by atoms with Crippen molar-refractivity contribution < 1.29 is 19.5 Å². The van der Waals surface area contributed by atoms with Crippen LogP contribution in [0, 0.1) is 24.7 Å². The number of anilines is 1. The van der Waals surface area contributed by atoms with E-state index in [1.165, 1.54) is 0 Å². The zero-order chi connectivity index (χ0) is 26.4. The average molecular weight is 601 g/mol. The van der Waals surface area contributed by atoms with Crippen molar-refractivity contribution in [2.75, 3.05) is 18.5 Å². The van der Waals surface area contributed by atoms with Gasteiger partial charge in [-0.2, -0.15) is 0 Å². The number of alkyl halides is 1. The molecule has 3 heterocycles. The summed E-state index contributed by atoms with van der Waals surface area (Å²) in [6.07, 6.45) is 1.94. The number of rotatable bonds is 9. The molecular weight excluding hydrogens is 566 g/mol. The molecule has 3 saturated heterocycles. The first kappa shape index (κ1) is 27.7. The molecule has 10 heteroatoms. The molecule has 3 N–H and O–H groups in total. The fourth-order valence-corrected chi connectivity index (χ4v) is 10.1. The summed E-state index contributed by atoms with van der Waals surface area (Å²) in [5, 5.41) is 16.7. The predicted molar refractivity (Wildman–Crippen MR) is 148 cm³/mol. The summed E-state index contributed by atoms with van der Waals surface area (Å²) in [6, 6.07) is 4.06. The SMILES string of the molecule is CCCNC(=O)[C@H]1[C@@H]2SC3(CC2Br)C(C(=O)Nc2c(C)cccc2Cl)N([C@@H](CO)CC(C)C)C(=O)[C@H]13. The summed E-state index contributed by atoms with van der Waals surface area (Å²) in [7, 11) is 0. The molecule has 0 saturated carbocycles. The Balaban J connectivity index is 1.78. The van der Waals surface area contributed by atoms with Gasteiger partial charge in [-0.05, 0) is 43.7 Å². The van der Waals surface area contributed by atoms with Crippen molar-refractivity contribution in [3.8, 4) is 0 Å². The molecule has 3 aliphatic heterocycles. The molecule has 2 bridgehead atoms. The van der Waals surface area contributed by atoms with Crippen LogP contribution in [0.4, 0.5) is 5.69 Å². The summed E-state index contributed by atoms with van der Waals surface area (Å²) in [5.74, 6) is -1.62. The molecule has 36 heavy (non-hydrogen) atoms. The molecule has 1 aromatic carbocycles. The molecule has 3 unspecified atom stereocenters. The minimum atomic E-state index is -0.833. The number of nitrogens with zero attached hydrogens (tertiary/aromatic N) is 1. The van der Waals surface area contributed by atoms with Gasteiger partial charge in [-0.15, -0.1) is 11.8 Å². The summed E-state index contributed by atoms with van der Waals surface area (Å²) in [5.41, 5.74) is 1.34. The van der Waals surface area contributed by atoms with E-state index in [1.807, 2.05) is 39.8 Å². The summed E-state index contributed by atoms with van der Waals surface area (Å²) in [6.45, 7) is 8.20. The van der Waals surface area contributed by atoms with Crippen molar-refractivity contribution in [2.45, 2.75) is 73.9 Å². The van der Waals surface area contributed by atoms with Crippen LogP contribution in [0.1, 0.15) is 45.6 Å². The van der Waals surface area contributed by atoms with Crippen molar-refractivity contribution in [3.05, 3.63) is 28.8 Å². The second kappa shape index (κ2) is 10.8. The van der Waals surface area contributed by atoms with Crippen LogP contribution in [0.15, 0.2) is 18.2 Å². The molecule has 0 radical (unpaired) electrons. The van der Waals surface area contributed by atoms with Gasteiger partial charge < -0.3 is 20.6 Å². The zero-order valence-corrected chi connectivity index (χ0v) is 24.3. The molecule has 1 spiro atoms. The number of carbonyl (C=O) groups excluding carboxylic acids is 3. The van der Waals surface area contributed by atoms with E-state index in [4.69, 9.17) is 11.6 Å². The Hall–Kier alpha value is -1.29. The van der Waals surface area contributed by atoms with Crippen molar-refractivity contribution in [2.24, 2.45) is 17.8 Å². The van der Waals surface area contributed by atoms with Gasteiger partial charge >= 0.3 is 0 Å². The maximum Gasteiger partial charge on any atom is 0.248 e. The highest BCUT2D eigenvalue weighted by Crippen LogP contribution is 2.68. The number of aliphatic hydroxyl groups is 1. The predicted octanol–water partition coefficient (Wildman–Crippen LogP) is 3.98. The Morgan fingerprint density at radius 3 is 2.67 bits per heavy atom. The van der Waals surface area contributed by atoms with Gasteiger partial charge in [0.15, 0.2) is 0 Å². The third-order valence-corrected chi connectivity index (χ3v) is 11.2. The normalized spacial score (nSPS) is 31.6. The van der Waals surface area contributed by atoms with E-state index in [0.717, 1.165) is 12.0 Å². The first-order chi connectivity index (χ1) is 17.1. The highest BCUT2D eigenvalue weighted by molar-refractivity contribution is 9.09. The van der Waals surface area contributed by atoms with Crippen LogP contribution in [0.25, 0.3) is 0 Å². The summed E-state index contributed by atoms with van der Waals surface area (Å²) in [4.78, 5) is 43.2. The fraction of sp³-hybridized carbons (Fsp3) is 0.654. The standard InChI is InChI=1S/C26H35BrClN3O4S/c1-5-9-29-23(33)18-19-25(35)31(15(12-32)10-13(2)3)22(26(19)11-16(27)21(18)36-26)24(34)30-20-14(4)7-6-8-17(20)28/h6-8,13,15-16,18-19,21-22,32H,5,9-12H2,1-4H3,(H,29,33)(H,30,34)/t15-,16?,18-,19+,21-,22?,26?/m1/s1. The molecule has 198 valence electrons. The van der Waals surface area contributed by atoms with Crippen LogP contribution in [0.2, 0.25) is 5.02 Å². The second-order valence-electron chi connectivity index (χ2n) is 10.6. The molecule has 3 amide bonds. The van der Waals surface area contributed by atoms with Crippen molar-refractivity contribution in [1.82, 2.24) is 10.2 Å². The molecule has 3 aliphatic rings. The second-order valence-corrected chi connectivity index (χ2v) is 13.7. The quantitative estimate of drug-likeness (QED) is 0.373. The number of thioether (sulfide) groups is 1. The molecule has 3 fully saturated rings. The van der Waals surface area contributed by atoms with Gasteiger partial charge in [0.05, 0.1) is 39.9 Å². The number of carbonyl (C=O) groups is 3. The van der Waals surface area contributed by atoms with E-state index >= 15 is 0 Å². The Bertz CT molecular complexity index is 1020. The number of benzene rings is 1. The highest BCUT2D eigenvalue weighted by atomic mass is 79.9. The maximum atomic E-state index is 14.2. The van der Waals surface area contributed by atoms with E-state index in [0.29, 0.717) is 30.1 Å². The monoisotopic (exact) mass is 599 g/mol. The molecule has 0 aromatic heterocycles. The van der Waals surface area contributed by atoms with Crippen LogP contribution >= 0.6 is 39.3 Å². The fourth-order valence-electron chi connectivity index (χ4n) is 6.23. The van der Waals surface area contributed by atoms with E-state index < -0.39 is 28.7 Å². The third kappa shape index (κ3) is 4.58. The van der Waals surface area contributed by atoms with E-state index in [9.17, 15) is 19.5 Å². The number of para-hydroxylation sites is 1. The molecular formula is C26H35BrClN3O4S. The van der Waals surface area contributed by atoms with Crippen LogP contribution in [0.5, 0.6) is 0 Å². The van der Waals surface area contributed by atoms with E-state index in [-0.39, 0.29) is 40.3 Å². The number of fused-ring (bicyclic) bond motifs is 1. The smallest absolute Gasteiger partial charge is 0.248 e. The van der Waals surface area contributed by atoms with Crippen LogP contribution in [-0.4, -0.2) is 67.8 Å². The molecule has 7 nitrogen and oxygen atoms in total. The number of aryl methyl sites for hydroxylation is 1. The lowest BCUT2D eigenvalue weighted by Crippen LogP contribution is -2.55. The molecule has 0 aliphatic carbocycles. The van der Waals surface area contributed by atoms with Gasteiger partial charge in [0, 0.05) is 16.6 Å². The van der Waals surface area contributed by atoms with Gasteiger partial charge in [0.1, 0.15) is 6.04 Å². The molecule has 7 atom stereocenters. The van der Waals surface area contributed by atoms with E-state index in [2.05, 4.69) is 26.6 Å². The number of halogens is 2. The van der Waals surface area contributed by atoms with Gasteiger partial charge in [0.25, 0.3) is 0 Å². The van der Waals surface area contributed by atoms with Crippen molar-refractivity contribution >= 4 is 62.7 Å². The first-order valence-electron chi connectivity index (χ1n) is 12.7. The number of amides is 3. The van der Waals surface area contributed by atoms with Gasteiger partial charge in [-0.25, -0.2) is 0 Å². The van der Waals surface area contributed by atoms with Crippen LogP contribution in [0.3, 0.4) is 0 Å². The number of hydrogen-bond donors (Lipinski definition) is 3. The number of nitrogens with one attached hydrogen (secondary N) is 2. The largest absolute Gasteiger partial charge is 0.394 e. The molecule has 4 rings (SSSR count). The van der Waals surface area contributed by atoms with Crippen molar-refractivity contribution in [3.63, 3.8) is 0 Å². The molecule has 1 aromatic rings. The Labute approximate surface area is 230 Å². The van der Waals surface area contributed by atoms with Gasteiger partial charge in [0.2, 0.25) is 17.7 Å². The average Bonchev–Trinajstić information content (AvgIpc) is 3.41. The number of hydrogen-bond acceptors (Lipinski definition) is 5. The Morgan fingerprint density at radius 2 is 2.06 bits per heavy atom. The minimum absolute atomic E-state index is 0.00102. The zero-order valence-electron chi connectivity index (χ0n) is 21.1. The van der Waals surface area contributed by atoms with Gasteiger partial charge in [-0.3, -0.25) is 14.4 Å². The van der Waals surface area contributed by atoms with Crippen LogP contribution < -0.4 is 10.6 Å². The summed E-state index contributed by atoms with van der Waals surface area (Å²) < 4.78 is -0.770. The van der Waals surface area contributed by atoms with Crippen molar-refractivity contribution in [1.29, 1.82) is 0 Å². The lowest BCUT2D eigenvalue weighted by molar-refractivity contribution is -0.142. The Kier molecular flexibility index (Phi) is 8.34. The lowest BCUT2D eigenvalue weighted by Gasteiger charge is -2.38. The first-order valence-corrected chi connectivity index (χ1v) is 14.8. The van der Waals surface area contributed by atoms with E-state index in [1.54, 1.807) is 22.7 Å². The highest BCUT2D eigenvalue weighted by Gasteiger charge is 2.76. The Morgan fingerprint density at radius 1 is 1.33 bits per heavy atom. The topological polar surface area (TPSA) is 98.7 Å². The number of aliphatic hydroxyl groups excluding tert-OH is 1. The number of likely N-dealkylation sites (tertiary alicyclic amines) is 1. The maximum absolute atomic E-state index is 14.2. The third-order valence-electron chi connectivity index (χ3n) is 7.65. The summed E-state index contributed by atoms with van der Waals surface area (Å²) >= 11 is 11.8.